The van der Waals surface area contributed by atoms with Gasteiger partial charge in [-0.1, -0.05) is 23.7 Å². The number of halogens is 2. The van der Waals surface area contributed by atoms with E-state index < -0.39 is 23.3 Å². The fourth-order valence-electron chi connectivity index (χ4n) is 3.14. The molecule has 3 amide bonds. The van der Waals surface area contributed by atoms with Crippen LogP contribution in [0.5, 0.6) is 0 Å². The molecule has 8 heteroatoms. The van der Waals surface area contributed by atoms with Crippen LogP contribution in [0, 0.1) is 5.82 Å². The summed E-state index contributed by atoms with van der Waals surface area (Å²) in [4.78, 5) is 30.9. The van der Waals surface area contributed by atoms with E-state index in [0.717, 1.165) is 16.6 Å². The van der Waals surface area contributed by atoms with Crippen LogP contribution in [0.2, 0.25) is 5.02 Å². The highest BCUT2D eigenvalue weighted by molar-refractivity contribution is 6.32. The lowest BCUT2D eigenvalue weighted by Crippen LogP contribution is -2.41. The molecule has 0 radical (unpaired) electrons. The number of imide groups is 1. The van der Waals surface area contributed by atoms with Crippen molar-refractivity contribution >= 4 is 29.2 Å². The first-order valence-electron chi connectivity index (χ1n) is 7.91. The van der Waals surface area contributed by atoms with Crippen molar-refractivity contribution in [1.82, 2.24) is 19.6 Å². The molecule has 1 aliphatic heterocycles. The topological polar surface area (TPSA) is 66.7 Å². The number of rotatable bonds is 3. The highest BCUT2D eigenvalue weighted by Gasteiger charge is 2.50. The van der Waals surface area contributed by atoms with Crippen LogP contribution in [0.25, 0.3) is 5.65 Å². The lowest BCUT2D eigenvalue weighted by molar-refractivity contribution is -0.131. The number of hydrogen-bond acceptors (Lipinski definition) is 3. The van der Waals surface area contributed by atoms with Crippen LogP contribution >= 0.6 is 11.6 Å². The molecular formula is C18H14ClFN4O2. The first kappa shape index (κ1) is 16.5. The first-order chi connectivity index (χ1) is 12.4. The minimum Gasteiger partial charge on any atom is -0.319 e. The Morgan fingerprint density at radius 2 is 2.08 bits per heavy atom. The minimum atomic E-state index is -1.36. The summed E-state index contributed by atoms with van der Waals surface area (Å²) in [6, 6.07) is 8.73. The number of fused-ring (bicyclic) bond motifs is 1. The molecule has 2 aromatic heterocycles. The highest BCUT2D eigenvalue weighted by atomic mass is 35.5. The second kappa shape index (κ2) is 5.81. The summed E-state index contributed by atoms with van der Waals surface area (Å²) in [7, 11) is 0. The molecule has 1 saturated heterocycles. The van der Waals surface area contributed by atoms with Crippen molar-refractivity contribution < 1.29 is 14.0 Å². The Hall–Kier alpha value is -2.93. The normalized spacial score (nSPS) is 20.0. The van der Waals surface area contributed by atoms with Crippen LogP contribution < -0.4 is 5.32 Å². The highest BCUT2D eigenvalue weighted by Crippen LogP contribution is 2.34. The van der Waals surface area contributed by atoms with Gasteiger partial charge in [0.1, 0.15) is 17.0 Å². The van der Waals surface area contributed by atoms with Gasteiger partial charge in [0.05, 0.1) is 12.2 Å². The Bertz CT molecular complexity index is 1020. The quantitative estimate of drug-likeness (QED) is 0.718. The van der Waals surface area contributed by atoms with Crippen LogP contribution in [0.4, 0.5) is 9.18 Å². The summed E-state index contributed by atoms with van der Waals surface area (Å²) in [5.41, 5.74) is 0.283. The monoisotopic (exact) mass is 372 g/mol. The van der Waals surface area contributed by atoms with E-state index in [4.69, 9.17) is 11.6 Å². The molecule has 0 aliphatic carbocycles. The van der Waals surface area contributed by atoms with E-state index in [-0.39, 0.29) is 11.6 Å². The summed E-state index contributed by atoms with van der Waals surface area (Å²) in [5.74, 6) is -0.978. The van der Waals surface area contributed by atoms with Gasteiger partial charge in [-0.2, -0.15) is 0 Å². The van der Waals surface area contributed by atoms with E-state index in [9.17, 15) is 14.0 Å². The number of urea groups is 1. The fraction of sp³-hybridized carbons (Fsp3) is 0.167. The molecule has 0 spiro atoms. The van der Waals surface area contributed by atoms with E-state index in [2.05, 4.69) is 10.3 Å². The molecule has 26 heavy (non-hydrogen) atoms. The van der Waals surface area contributed by atoms with Crippen molar-refractivity contribution in [2.45, 2.75) is 19.0 Å². The lowest BCUT2D eigenvalue weighted by Gasteiger charge is -2.23. The summed E-state index contributed by atoms with van der Waals surface area (Å²) < 4.78 is 15.1. The summed E-state index contributed by atoms with van der Waals surface area (Å²) >= 11 is 6.10. The van der Waals surface area contributed by atoms with Crippen molar-refractivity contribution in [2.24, 2.45) is 0 Å². The van der Waals surface area contributed by atoms with Gasteiger partial charge < -0.3 is 9.72 Å². The van der Waals surface area contributed by atoms with E-state index in [1.165, 1.54) is 12.1 Å². The van der Waals surface area contributed by atoms with Gasteiger partial charge in [-0.25, -0.2) is 14.2 Å². The van der Waals surface area contributed by atoms with Gasteiger partial charge in [-0.05, 0) is 31.2 Å². The Balaban J connectivity index is 1.66. The molecule has 0 saturated carbocycles. The number of benzene rings is 1. The van der Waals surface area contributed by atoms with Crippen LogP contribution in [-0.2, 0) is 16.9 Å². The van der Waals surface area contributed by atoms with E-state index in [1.807, 2.05) is 28.8 Å². The SMILES string of the molecule is C[C@]1(c2ccc(F)cc2Cl)NC(=O)N(Cc2cn3ccccc3n2)C1=O. The zero-order chi connectivity index (χ0) is 18.5. The maximum absolute atomic E-state index is 13.3. The largest absolute Gasteiger partial charge is 0.325 e. The number of pyridine rings is 1. The Morgan fingerprint density at radius 3 is 2.81 bits per heavy atom. The maximum Gasteiger partial charge on any atom is 0.325 e. The van der Waals surface area contributed by atoms with Gasteiger partial charge in [0, 0.05) is 23.0 Å². The third kappa shape index (κ3) is 2.52. The van der Waals surface area contributed by atoms with Gasteiger partial charge >= 0.3 is 6.03 Å². The third-order valence-corrected chi connectivity index (χ3v) is 4.79. The Kier molecular flexibility index (Phi) is 3.69. The number of nitrogens with one attached hydrogen (secondary N) is 1. The molecule has 1 fully saturated rings. The van der Waals surface area contributed by atoms with Crippen molar-refractivity contribution in [3.8, 4) is 0 Å². The average Bonchev–Trinajstić information content (AvgIpc) is 3.09. The van der Waals surface area contributed by atoms with Crippen molar-refractivity contribution in [2.75, 3.05) is 0 Å². The zero-order valence-electron chi connectivity index (χ0n) is 13.7. The molecule has 1 aliphatic rings. The van der Waals surface area contributed by atoms with Crippen LogP contribution in [0.15, 0.2) is 48.8 Å². The molecule has 3 aromatic rings. The fourth-order valence-corrected chi connectivity index (χ4v) is 3.50. The van der Waals surface area contributed by atoms with E-state index in [0.29, 0.717) is 11.3 Å². The van der Waals surface area contributed by atoms with Gasteiger partial charge in [0.25, 0.3) is 5.91 Å². The van der Waals surface area contributed by atoms with Crippen molar-refractivity contribution in [3.05, 3.63) is 70.9 Å². The van der Waals surface area contributed by atoms with Gasteiger partial charge in [0.2, 0.25) is 0 Å². The Labute approximate surface area is 153 Å². The molecule has 1 N–H and O–H groups in total. The van der Waals surface area contributed by atoms with Crippen LogP contribution in [0.3, 0.4) is 0 Å². The second-order valence-electron chi connectivity index (χ2n) is 6.27. The lowest BCUT2D eigenvalue weighted by atomic mass is 9.92. The number of aromatic nitrogens is 2. The molecule has 1 aromatic carbocycles. The van der Waals surface area contributed by atoms with Gasteiger partial charge in [-0.3, -0.25) is 9.69 Å². The Morgan fingerprint density at radius 1 is 1.27 bits per heavy atom. The third-order valence-electron chi connectivity index (χ3n) is 4.48. The zero-order valence-corrected chi connectivity index (χ0v) is 14.5. The molecule has 6 nitrogen and oxygen atoms in total. The van der Waals surface area contributed by atoms with Gasteiger partial charge in [0.15, 0.2) is 0 Å². The molecule has 132 valence electrons. The molecule has 4 rings (SSSR count). The van der Waals surface area contributed by atoms with E-state index >= 15 is 0 Å². The molecular weight excluding hydrogens is 359 g/mol. The molecule has 3 heterocycles. The molecule has 0 bridgehead atoms. The summed E-state index contributed by atoms with van der Waals surface area (Å²) in [6.45, 7) is 1.58. The maximum atomic E-state index is 13.3. The average molecular weight is 373 g/mol. The van der Waals surface area contributed by atoms with Crippen molar-refractivity contribution in [3.63, 3.8) is 0 Å². The number of nitrogens with zero attached hydrogens (tertiary/aromatic N) is 3. The standard InChI is InChI=1S/C18H14ClFN4O2/c1-18(13-6-5-11(20)8-14(13)19)16(25)24(17(26)22-18)10-12-9-23-7-3-2-4-15(23)21-12/h2-9H,10H2,1H3,(H,22,26)/t18-/m1/s1. The molecule has 0 unspecified atom stereocenters. The second-order valence-corrected chi connectivity index (χ2v) is 6.68. The van der Waals surface area contributed by atoms with Crippen molar-refractivity contribution in [1.29, 1.82) is 0 Å². The van der Waals surface area contributed by atoms with E-state index in [1.54, 1.807) is 13.1 Å². The first-order valence-corrected chi connectivity index (χ1v) is 8.28. The number of amides is 3. The predicted octanol–water partition coefficient (Wildman–Crippen LogP) is 3.09. The van der Waals surface area contributed by atoms with Gasteiger partial charge in [-0.15, -0.1) is 0 Å². The molecule has 1 atom stereocenters. The smallest absolute Gasteiger partial charge is 0.319 e. The van der Waals surface area contributed by atoms with Crippen LogP contribution in [0.1, 0.15) is 18.2 Å². The number of carbonyl (C=O) groups is 2. The summed E-state index contributed by atoms with van der Waals surface area (Å²) in [5, 5.41) is 2.74. The number of hydrogen-bond donors (Lipinski definition) is 1. The predicted molar refractivity (Wildman–Crippen MR) is 93.0 cm³/mol. The number of imidazole rings is 1. The van der Waals surface area contributed by atoms with Crippen LogP contribution in [-0.4, -0.2) is 26.2 Å². The summed E-state index contributed by atoms with van der Waals surface area (Å²) in [6.07, 6.45) is 3.59. The number of carbonyl (C=O) groups excluding carboxylic acids is 2. The minimum absolute atomic E-state index is 0.0285.